The lowest BCUT2D eigenvalue weighted by atomic mass is 10.2. The summed E-state index contributed by atoms with van der Waals surface area (Å²) >= 11 is 0. The average molecular weight is 225 g/mol. The molecule has 0 radical (unpaired) electrons. The number of hydrogen-bond acceptors (Lipinski definition) is 3. The first-order valence-electron chi connectivity index (χ1n) is 6.52. The number of likely N-dealkylation sites (N-methyl/N-ethyl adjacent to an activating group) is 1. The molecule has 1 fully saturated rings. The van der Waals surface area contributed by atoms with Crippen molar-refractivity contribution in [2.24, 2.45) is 0 Å². The van der Waals surface area contributed by atoms with Crippen molar-refractivity contribution in [3.8, 4) is 0 Å². The van der Waals surface area contributed by atoms with Crippen LogP contribution in [0, 0.1) is 0 Å². The van der Waals surface area contributed by atoms with Crippen molar-refractivity contribution >= 4 is 0 Å². The van der Waals surface area contributed by atoms with Gasteiger partial charge in [0, 0.05) is 32.2 Å². The summed E-state index contributed by atoms with van der Waals surface area (Å²) in [5.74, 6) is 0. The molecular weight excluding hydrogens is 198 g/mol. The van der Waals surface area contributed by atoms with Gasteiger partial charge in [-0.25, -0.2) is 0 Å². The molecule has 0 aromatic heterocycles. The highest BCUT2D eigenvalue weighted by Gasteiger charge is 2.20. The van der Waals surface area contributed by atoms with Gasteiger partial charge in [0.25, 0.3) is 0 Å². The Labute approximate surface area is 100 Å². The Morgan fingerprint density at radius 3 is 2.94 bits per heavy atom. The van der Waals surface area contributed by atoms with Gasteiger partial charge in [0.05, 0.1) is 0 Å². The van der Waals surface area contributed by atoms with Gasteiger partial charge in [-0.1, -0.05) is 13.0 Å². The van der Waals surface area contributed by atoms with Crippen molar-refractivity contribution in [2.45, 2.75) is 25.8 Å². The first-order valence-corrected chi connectivity index (χ1v) is 6.52. The summed E-state index contributed by atoms with van der Waals surface area (Å²) in [6, 6.07) is 0.734. The molecule has 1 rings (SSSR count). The van der Waals surface area contributed by atoms with E-state index in [0.29, 0.717) is 0 Å². The van der Waals surface area contributed by atoms with E-state index in [-0.39, 0.29) is 0 Å². The summed E-state index contributed by atoms with van der Waals surface area (Å²) < 4.78 is 0. The Kier molecular flexibility index (Phi) is 6.69. The lowest BCUT2D eigenvalue weighted by molar-refractivity contribution is 0.184. The Morgan fingerprint density at radius 2 is 2.25 bits per heavy atom. The van der Waals surface area contributed by atoms with Gasteiger partial charge < -0.3 is 10.2 Å². The van der Waals surface area contributed by atoms with E-state index in [9.17, 15) is 0 Å². The molecule has 0 aromatic rings. The van der Waals surface area contributed by atoms with Crippen molar-refractivity contribution in [2.75, 3.05) is 46.3 Å². The topological polar surface area (TPSA) is 18.5 Å². The largest absolute Gasteiger partial charge is 0.312 e. The van der Waals surface area contributed by atoms with Crippen molar-refractivity contribution in [3.63, 3.8) is 0 Å². The van der Waals surface area contributed by atoms with E-state index < -0.39 is 0 Å². The first-order chi connectivity index (χ1) is 7.77. The zero-order chi connectivity index (χ0) is 11.8. The number of nitrogens with one attached hydrogen (secondary N) is 1. The van der Waals surface area contributed by atoms with Gasteiger partial charge in [0.2, 0.25) is 0 Å². The van der Waals surface area contributed by atoms with Crippen molar-refractivity contribution in [1.82, 2.24) is 15.1 Å². The molecule has 3 nitrogen and oxygen atoms in total. The average Bonchev–Trinajstić information content (AvgIpc) is 2.46. The molecule has 1 heterocycles. The fraction of sp³-hybridized carbons (Fsp3) is 0.846. The van der Waals surface area contributed by atoms with Gasteiger partial charge in [-0.15, -0.1) is 6.58 Å². The van der Waals surface area contributed by atoms with Crippen LogP contribution in [0.2, 0.25) is 0 Å². The molecule has 0 bridgehead atoms. The zero-order valence-electron chi connectivity index (χ0n) is 10.9. The minimum Gasteiger partial charge on any atom is -0.312 e. The third-order valence-corrected chi connectivity index (χ3v) is 3.36. The van der Waals surface area contributed by atoms with Crippen LogP contribution in [0.1, 0.15) is 19.8 Å². The van der Waals surface area contributed by atoms with E-state index in [0.717, 1.165) is 19.1 Å². The van der Waals surface area contributed by atoms with Crippen LogP contribution in [0.4, 0.5) is 0 Å². The number of nitrogens with zero attached hydrogens (tertiary/aromatic N) is 2. The van der Waals surface area contributed by atoms with E-state index in [2.05, 4.69) is 35.7 Å². The molecule has 16 heavy (non-hydrogen) atoms. The van der Waals surface area contributed by atoms with E-state index in [4.69, 9.17) is 0 Å². The monoisotopic (exact) mass is 225 g/mol. The van der Waals surface area contributed by atoms with Crippen molar-refractivity contribution in [3.05, 3.63) is 12.7 Å². The molecule has 0 aliphatic carbocycles. The normalized spacial score (nSPS) is 24.2. The minimum atomic E-state index is 0.734. The summed E-state index contributed by atoms with van der Waals surface area (Å²) in [6.07, 6.45) is 4.48. The molecule has 1 aliphatic rings. The van der Waals surface area contributed by atoms with Gasteiger partial charge in [0.15, 0.2) is 0 Å². The number of rotatable bonds is 6. The first kappa shape index (κ1) is 13.7. The lowest BCUT2D eigenvalue weighted by Gasteiger charge is -2.30. The summed E-state index contributed by atoms with van der Waals surface area (Å²) in [4.78, 5) is 5.10. The van der Waals surface area contributed by atoms with Gasteiger partial charge in [-0.2, -0.15) is 0 Å². The van der Waals surface area contributed by atoms with Crippen LogP contribution >= 0.6 is 0 Å². The molecule has 1 saturated heterocycles. The van der Waals surface area contributed by atoms with Crippen LogP contribution < -0.4 is 5.32 Å². The third kappa shape index (κ3) is 4.64. The lowest BCUT2D eigenvalue weighted by Crippen LogP contribution is -2.42. The smallest absolute Gasteiger partial charge is 0.0220 e. The van der Waals surface area contributed by atoms with Gasteiger partial charge in [0.1, 0.15) is 0 Å². The highest BCUT2D eigenvalue weighted by molar-refractivity contribution is 4.78. The second-order valence-electron chi connectivity index (χ2n) is 4.71. The molecule has 1 unspecified atom stereocenters. The Morgan fingerprint density at radius 1 is 1.44 bits per heavy atom. The van der Waals surface area contributed by atoms with Crippen LogP contribution in [0.25, 0.3) is 0 Å². The van der Waals surface area contributed by atoms with Gasteiger partial charge >= 0.3 is 0 Å². The predicted octanol–water partition coefficient (Wildman–Crippen LogP) is 1.18. The molecule has 0 spiro atoms. The summed E-state index contributed by atoms with van der Waals surface area (Å²) in [7, 11) is 2.24. The van der Waals surface area contributed by atoms with Crippen LogP contribution in [0.15, 0.2) is 12.7 Å². The maximum Gasteiger partial charge on any atom is 0.0220 e. The fourth-order valence-electron chi connectivity index (χ4n) is 2.40. The predicted molar refractivity (Wildman–Crippen MR) is 70.8 cm³/mol. The van der Waals surface area contributed by atoms with E-state index in [1.165, 1.54) is 39.0 Å². The molecule has 0 saturated carbocycles. The standard InChI is InChI=1S/C13H27N3/c1-4-7-14-8-11-16-10-6-9-15(3)12-13(16)5-2/h4,13-14H,1,5-12H2,2-3H3. The van der Waals surface area contributed by atoms with Crippen LogP contribution in [0.3, 0.4) is 0 Å². The van der Waals surface area contributed by atoms with Crippen molar-refractivity contribution in [1.29, 1.82) is 0 Å². The maximum atomic E-state index is 3.72. The Bertz CT molecular complexity index is 194. The number of hydrogen-bond donors (Lipinski definition) is 1. The van der Waals surface area contributed by atoms with E-state index >= 15 is 0 Å². The SMILES string of the molecule is C=CCNCCN1CCCN(C)CC1CC. The molecule has 0 aromatic carbocycles. The van der Waals surface area contributed by atoms with Crippen LogP contribution in [0.5, 0.6) is 0 Å². The zero-order valence-corrected chi connectivity index (χ0v) is 10.9. The van der Waals surface area contributed by atoms with E-state index in [1.807, 2.05) is 6.08 Å². The molecule has 1 aliphatic heterocycles. The Hall–Kier alpha value is -0.380. The summed E-state index contributed by atoms with van der Waals surface area (Å²) in [6.45, 7) is 12.9. The van der Waals surface area contributed by atoms with Gasteiger partial charge in [-0.05, 0) is 33.0 Å². The quantitative estimate of drug-likeness (QED) is 0.541. The highest BCUT2D eigenvalue weighted by atomic mass is 15.2. The minimum absolute atomic E-state index is 0.734. The van der Waals surface area contributed by atoms with Crippen LogP contribution in [-0.4, -0.2) is 62.2 Å². The molecule has 0 amide bonds. The van der Waals surface area contributed by atoms with Crippen LogP contribution in [-0.2, 0) is 0 Å². The second kappa shape index (κ2) is 7.82. The summed E-state index contributed by atoms with van der Waals surface area (Å²) in [5.41, 5.74) is 0. The molecular formula is C13H27N3. The molecule has 1 atom stereocenters. The summed E-state index contributed by atoms with van der Waals surface area (Å²) in [5, 5.41) is 3.39. The van der Waals surface area contributed by atoms with Crippen molar-refractivity contribution < 1.29 is 0 Å². The maximum absolute atomic E-state index is 3.72. The Balaban J connectivity index is 2.32. The molecule has 94 valence electrons. The highest BCUT2D eigenvalue weighted by Crippen LogP contribution is 2.10. The fourth-order valence-corrected chi connectivity index (χ4v) is 2.40. The van der Waals surface area contributed by atoms with E-state index in [1.54, 1.807) is 0 Å². The second-order valence-corrected chi connectivity index (χ2v) is 4.71. The molecule has 3 heteroatoms. The molecule has 1 N–H and O–H groups in total. The van der Waals surface area contributed by atoms with Gasteiger partial charge in [-0.3, -0.25) is 4.90 Å². The third-order valence-electron chi connectivity index (χ3n) is 3.36.